The van der Waals surface area contributed by atoms with Gasteiger partial charge in [0.25, 0.3) is 0 Å². The summed E-state index contributed by atoms with van der Waals surface area (Å²) in [5, 5.41) is 7.33. The van der Waals surface area contributed by atoms with Crippen LogP contribution in [0.1, 0.15) is 17.0 Å². The molecule has 0 atom stereocenters. The number of rotatable bonds is 7. The molecule has 2 rings (SSSR count). The third-order valence-electron chi connectivity index (χ3n) is 3.08. The average molecular weight is 308 g/mol. The molecule has 0 amide bonds. The molecule has 1 heterocycles. The fourth-order valence-corrected chi connectivity index (χ4v) is 2.68. The highest BCUT2D eigenvalue weighted by Crippen LogP contribution is 2.34. The number of methoxy groups -OCH3 is 2. The highest BCUT2D eigenvalue weighted by atomic mass is 32.2. The molecule has 114 valence electrons. The first kappa shape index (κ1) is 15.7. The molecule has 0 radical (unpaired) electrons. The Bertz CT molecular complexity index is 599. The van der Waals surface area contributed by atoms with Crippen molar-refractivity contribution >= 4 is 11.8 Å². The summed E-state index contributed by atoms with van der Waals surface area (Å²) < 4.78 is 15.7. The molecule has 1 aromatic carbocycles. The zero-order valence-corrected chi connectivity index (χ0v) is 13.5. The molecular formula is C15H20N2O3S. The molecule has 0 spiro atoms. The van der Waals surface area contributed by atoms with Gasteiger partial charge in [-0.15, -0.1) is 11.8 Å². The SMILES string of the molecule is COc1cc(CNCc2cc(C)on2)c(SC)cc1OC. The first-order valence-electron chi connectivity index (χ1n) is 6.59. The van der Waals surface area contributed by atoms with Crippen LogP contribution in [0.25, 0.3) is 0 Å². The van der Waals surface area contributed by atoms with Gasteiger partial charge in [0, 0.05) is 24.1 Å². The topological polar surface area (TPSA) is 56.5 Å². The highest BCUT2D eigenvalue weighted by Gasteiger charge is 2.10. The third kappa shape index (κ3) is 3.92. The maximum absolute atomic E-state index is 5.35. The highest BCUT2D eigenvalue weighted by molar-refractivity contribution is 7.98. The minimum absolute atomic E-state index is 0.666. The molecule has 0 saturated carbocycles. The summed E-state index contributed by atoms with van der Waals surface area (Å²) in [5.41, 5.74) is 2.07. The second-order valence-corrected chi connectivity index (χ2v) is 5.40. The summed E-state index contributed by atoms with van der Waals surface area (Å²) in [5.74, 6) is 2.31. The Morgan fingerprint density at radius 2 is 1.86 bits per heavy atom. The van der Waals surface area contributed by atoms with Gasteiger partial charge in [-0.3, -0.25) is 0 Å². The van der Waals surface area contributed by atoms with Gasteiger partial charge in [-0.1, -0.05) is 5.16 Å². The van der Waals surface area contributed by atoms with Crippen molar-refractivity contribution in [1.82, 2.24) is 10.5 Å². The van der Waals surface area contributed by atoms with Crippen LogP contribution < -0.4 is 14.8 Å². The van der Waals surface area contributed by atoms with Crippen molar-refractivity contribution in [2.75, 3.05) is 20.5 Å². The summed E-state index contributed by atoms with van der Waals surface area (Å²) in [6, 6.07) is 5.93. The van der Waals surface area contributed by atoms with Crippen LogP contribution in [-0.4, -0.2) is 25.6 Å². The Labute approximate surface area is 129 Å². The van der Waals surface area contributed by atoms with Crippen molar-refractivity contribution in [3.8, 4) is 11.5 Å². The van der Waals surface area contributed by atoms with Gasteiger partial charge in [-0.05, 0) is 30.9 Å². The quantitative estimate of drug-likeness (QED) is 0.794. The summed E-state index contributed by atoms with van der Waals surface area (Å²) in [7, 11) is 3.29. The molecular weight excluding hydrogens is 288 g/mol. The van der Waals surface area contributed by atoms with Gasteiger partial charge in [0.1, 0.15) is 5.76 Å². The summed E-state index contributed by atoms with van der Waals surface area (Å²) in [4.78, 5) is 1.16. The number of benzene rings is 1. The van der Waals surface area contributed by atoms with Gasteiger partial charge < -0.3 is 19.3 Å². The van der Waals surface area contributed by atoms with E-state index in [9.17, 15) is 0 Å². The van der Waals surface area contributed by atoms with Crippen molar-refractivity contribution < 1.29 is 14.0 Å². The number of hydrogen-bond acceptors (Lipinski definition) is 6. The van der Waals surface area contributed by atoms with E-state index in [4.69, 9.17) is 14.0 Å². The normalized spacial score (nSPS) is 10.7. The Kier molecular flexibility index (Phi) is 5.52. The van der Waals surface area contributed by atoms with Crippen molar-refractivity contribution in [3.63, 3.8) is 0 Å². The fourth-order valence-electron chi connectivity index (χ4n) is 2.06. The lowest BCUT2D eigenvalue weighted by atomic mass is 10.2. The molecule has 0 aliphatic rings. The number of ether oxygens (including phenoxy) is 2. The summed E-state index contributed by atoms with van der Waals surface area (Å²) in [6.45, 7) is 3.28. The molecule has 2 aromatic rings. The molecule has 5 nitrogen and oxygen atoms in total. The molecule has 0 saturated heterocycles. The lowest BCUT2D eigenvalue weighted by Crippen LogP contribution is -2.13. The largest absolute Gasteiger partial charge is 0.493 e. The number of hydrogen-bond donors (Lipinski definition) is 1. The Hall–Kier alpha value is -1.66. The maximum Gasteiger partial charge on any atom is 0.161 e. The molecule has 6 heteroatoms. The van der Waals surface area contributed by atoms with E-state index in [1.807, 2.05) is 31.4 Å². The lowest BCUT2D eigenvalue weighted by molar-refractivity contribution is 0.353. The van der Waals surface area contributed by atoms with Gasteiger partial charge in [0.05, 0.1) is 19.9 Å². The van der Waals surface area contributed by atoms with Gasteiger partial charge in [0.2, 0.25) is 0 Å². The van der Waals surface area contributed by atoms with Crippen molar-refractivity contribution in [3.05, 3.63) is 35.2 Å². The molecule has 21 heavy (non-hydrogen) atoms. The van der Waals surface area contributed by atoms with E-state index >= 15 is 0 Å². The number of aromatic nitrogens is 1. The predicted molar refractivity (Wildman–Crippen MR) is 83.1 cm³/mol. The monoisotopic (exact) mass is 308 g/mol. The fraction of sp³-hybridized carbons (Fsp3) is 0.400. The van der Waals surface area contributed by atoms with E-state index in [0.29, 0.717) is 6.54 Å². The van der Waals surface area contributed by atoms with Gasteiger partial charge in [-0.2, -0.15) is 0 Å². The first-order chi connectivity index (χ1) is 10.2. The van der Waals surface area contributed by atoms with E-state index in [1.165, 1.54) is 5.56 Å². The lowest BCUT2D eigenvalue weighted by Gasteiger charge is -2.14. The molecule has 0 aliphatic heterocycles. The second-order valence-electron chi connectivity index (χ2n) is 4.55. The number of aryl methyl sites for hydroxylation is 1. The van der Waals surface area contributed by atoms with Crippen molar-refractivity contribution in [2.45, 2.75) is 24.9 Å². The molecule has 1 aromatic heterocycles. The first-order valence-corrected chi connectivity index (χ1v) is 7.82. The second kappa shape index (κ2) is 7.38. The van der Waals surface area contributed by atoms with Crippen LogP contribution in [0.15, 0.2) is 27.6 Å². The Balaban J connectivity index is 2.07. The molecule has 0 unspecified atom stereocenters. The van der Waals surface area contributed by atoms with Crippen LogP contribution in [0.5, 0.6) is 11.5 Å². The Morgan fingerprint density at radius 1 is 1.14 bits per heavy atom. The molecule has 0 aliphatic carbocycles. The van der Waals surface area contributed by atoms with Crippen LogP contribution in [-0.2, 0) is 13.1 Å². The van der Waals surface area contributed by atoms with Gasteiger partial charge in [-0.25, -0.2) is 0 Å². The zero-order valence-electron chi connectivity index (χ0n) is 12.7. The van der Waals surface area contributed by atoms with E-state index in [0.717, 1.165) is 34.4 Å². The van der Waals surface area contributed by atoms with Crippen LogP contribution in [0.3, 0.4) is 0 Å². The molecule has 0 bridgehead atoms. The summed E-state index contributed by atoms with van der Waals surface area (Å²) in [6.07, 6.45) is 2.05. The van der Waals surface area contributed by atoms with Crippen LogP contribution in [0.4, 0.5) is 0 Å². The van der Waals surface area contributed by atoms with Crippen LogP contribution in [0, 0.1) is 6.92 Å². The van der Waals surface area contributed by atoms with Crippen molar-refractivity contribution in [2.24, 2.45) is 0 Å². The Morgan fingerprint density at radius 3 is 2.43 bits per heavy atom. The van der Waals surface area contributed by atoms with E-state index in [1.54, 1.807) is 26.0 Å². The van der Waals surface area contributed by atoms with Crippen LogP contribution in [0.2, 0.25) is 0 Å². The van der Waals surface area contributed by atoms with Gasteiger partial charge >= 0.3 is 0 Å². The standard InChI is InChI=1S/C15H20N2O3S/c1-10-5-12(17-20-10)9-16-8-11-6-13(18-2)14(19-3)7-15(11)21-4/h5-7,16H,8-9H2,1-4H3. The molecule has 1 N–H and O–H groups in total. The minimum Gasteiger partial charge on any atom is -0.493 e. The van der Waals surface area contributed by atoms with Crippen LogP contribution >= 0.6 is 11.8 Å². The smallest absolute Gasteiger partial charge is 0.161 e. The summed E-state index contributed by atoms with van der Waals surface area (Å²) >= 11 is 1.68. The predicted octanol–water partition coefficient (Wildman–Crippen LogP) is 3.01. The minimum atomic E-state index is 0.666. The zero-order chi connectivity index (χ0) is 15.2. The number of thioether (sulfide) groups is 1. The number of nitrogens with zero attached hydrogens (tertiary/aromatic N) is 1. The maximum atomic E-state index is 5.35. The number of nitrogens with one attached hydrogen (secondary N) is 1. The third-order valence-corrected chi connectivity index (χ3v) is 3.90. The average Bonchev–Trinajstić information content (AvgIpc) is 2.92. The van der Waals surface area contributed by atoms with Crippen molar-refractivity contribution in [1.29, 1.82) is 0 Å². The van der Waals surface area contributed by atoms with E-state index < -0.39 is 0 Å². The molecule has 0 fully saturated rings. The van der Waals surface area contributed by atoms with Gasteiger partial charge in [0.15, 0.2) is 11.5 Å². The van der Waals surface area contributed by atoms with E-state index in [2.05, 4.69) is 10.5 Å². The van der Waals surface area contributed by atoms with E-state index in [-0.39, 0.29) is 0 Å².